The van der Waals surface area contributed by atoms with Gasteiger partial charge in [0.2, 0.25) is 5.91 Å². The summed E-state index contributed by atoms with van der Waals surface area (Å²) in [5.41, 5.74) is 4.99. The van der Waals surface area contributed by atoms with Gasteiger partial charge in [-0.2, -0.15) is 0 Å². The molecular weight excluding hydrogens is 212 g/mol. The zero-order valence-electron chi connectivity index (χ0n) is 8.12. The van der Waals surface area contributed by atoms with Gasteiger partial charge in [-0.25, -0.2) is 0 Å². The Morgan fingerprint density at radius 3 is 2.62 bits per heavy atom. The van der Waals surface area contributed by atoms with Crippen molar-refractivity contribution in [3.05, 3.63) is 45.5 Å². The first-order valence-electron chi connectivity index (χ1n) is 4.25. The van der Waals surface area contributed by atoms with E-state index in [4.69, 9.17) is 5.73 Å². The standard InChI is InChI=1S/C10H8N2O4/c11-10(14)4-2-7-1-3-8(6-13)9(5-7)12(15)16/h1-6H,(H2,11,14). The van der Waals surface area contributed by atoms with Crippen molar-refractivity contribution in [3.8, 4) is 0 Å². The van der Waals surface area contributed by atoms with Crippen LogP contribution in [0.5, 0.6) is 0 Å². The van der Waals surface area contributed by atoms with Crippen LogP contribution >= 0.6 is 0 Å². The number of hydrogen-bond donors (Lipinski definition) is 1. The van der Waals surface area contributed by atoms with Crippen molar-refractivity contribution in [1.29, 1.82) is 0 Å². The highest BCUT2D eigenvalue weighted by Crippen LogP contribution is 2.19. The molecule has 0 aliphatic rings. The Kier molecular flexibility index (Phi) is 3.49. The molecule has 1 aromatic rings. The maximum atomic E-state index is 10.6. The zero-order valence-corrected chi connectivity index (χ0v) is 8.12. The van der Waals surface area contributed by atoms with E-state index < -0.39 is 10.8 Å². The van der Waals surface area contributed by atoms with Gasteiger partial charge in [0.1, 0.15) is 0 Å². The number of aldehydes is 1. The first-order valence-corrected chi connectivity index (χ1v) is 4.25. The van der Waals surface area contributed by atoms with Gasteiger partial charge < -0.3 is 5.73 Å². The average molecular weight is 220 g/mol. The van der Waals surface area contributed by atoms with Gasteiger partial charge in [-0.05, 0) is 17.7 Å². The molecule has 82 valence electrons. The molecule has 0 atom stereocenters. The van der Waals surface area contributed by atoms with Crippen molar-refractivity contribution >= 4 is 24.0 Å². The van der Waals surface area contributed by atoms with Crippen molar-refractivity contribution in [1.82, 2.24) is 0 Å². The first-order chi connectivity index (χ1) is 7.54. The number of nitro groups is 1. The monoisotopic (exact) mass is 220 g/mol. The minimum absolute atomic E-state index is 0.0128. The molecule has 0 saturated carbocycles. The second-order valence-corrected chi connectivity index (χ2v) is 2.93. The lowest BCUT2D eigenvalue weighted by Gasteiger charge is -1.97. The number of nitrogens with zero attached hydrogens (tertiary/aromatic N) is 1. The molecule has 0 aliphatic carbocycles. The van der Waals surface area contributed by atoms with Crippen LogP contribution in [0.4, 0.5) is 5.69 Å². The van der Waals surface area contributed by atoms with Crippen molar-refractivity contribution in [2.45, 2.75) is 0 Å². The van der Waals surface area contributed by atoms with Gasteiger partial charge in [-0.3, -0.25) is 19.7 Å². The quantitative estimate of drug-likeness (QED) is 0.352. The van der Waals surface area contributed by atoms with Gasteiger partial charge in [0, 0.05) is 12.1 Å². The molecule has 0 heterocycles. The largest absolute Gasteiger partial charge is 0.366 e. The second-order valence-electron chi connectivity index (χ2n) is 2.93. The summed E-state index contributed by atoms with van der Waals surface area (Å²) < 4.78 is 0. The van der Waals surface area contributed by atoms with Gasteiger partial charge in [-0.15, -0.1) is 0 Å². The normalized spacial score (nSPS) is 10.2. The van der Waals surface area contributed by atoms with Crippen LogP contribution in [0.3, 0.4) is 0 Å². The van der Waals surface area contributed by atoms with Gasteiger partial charge in [-0.1, -0.05) is 6.07 Å². The molecule has 1 aromatic carbocycles. The lowest BCUT2D eigenvalue weighted by Crippen LogP contribution is -2.05. The molecule has 0 bridgehead atoms. The van der Waals surface area contributed by atoms with Crippen LogP contribution in [0.25, 0.3) is 6.08 Å². The molecule has 6 nitrogen and oxygen atoms in total. The van der Waals surface area contributed by atoms with Gasteiger partial charge in [0.25, 0.3) is 5.69 Å². The van der Waals surface area contributed by atoms with Gasteiger partial charge in [0.05, 0.1) is 10.5 Å². The predicted molar refractivity (Wildman–Crippen MR) is 56.7 cm³/mol. The van der Waals surface area contributed by atoms with Crippen LogP contribution in [-0.4, -0.2) is 17.1 Å². The average Bonchev–Trinajstić information content (AvgIpc) is 2.25. The predicted octanol–water partition coefficient (Wildman–Crippen LogP) is 0.906. The molecule has 0 aromatic heterocycles. The van der Waals surface area contributed by atoms with E-state index in [-0.39, 0.29) is 11.3 Å². The van der Waals surface area contributed by atoms with E-state index in [2.05, 4.69) is 0 Å². The number of nitrogens with two attached hydrogens (primary N) is 1. The molecule has 0 spiro atoms. The molecule has 0 fully saturated rings. The van der Waals surface area contributed by atoms with E-state index in [0.29, 0.717) is 11.8 Å². The molecule has 16 heavy (non-hydrogen) atoms. The summed E-state index contributed by atoms with van der Waals surface area (Å²) in [6.07, 6.45) is 2.82. The summed E-state index contributed by atoms with van der Waals surface area (Å²) >= 11 is 0. The minimum Gasteiger partial charge on any atom is -0.366 e. The van der Waals surface area contributed by atoms with Gasteiger partial charge >= 0.3 is 0 Å². The van der Waals surface area contributed by atoms with Crippen LogP contribution in [0, 0.1) is 10.1 Å². The van der Waals surface area contributed by atoms with Crippen molar-refractivity contribution in [2.75, 3.05) is 0 Å². The summed E-state index contributed by atoms with van der Waals surface area (Å²) in [4.78, 5) is 30.9. The maximum Gasteiger partial charge on any atom is 0.280 e. The van der Waals surface area contributed by atoms with E-state index in [1.807, 2.05) is 0 Å². The Labute approximate surface area is 90.5 Å². The Morgan fingerprint density at radius 1 is 1.44 bits per heavy atom. The third kappa shape index (κ3) is 2.74. The van der Waals surface area contributed by atoms with E-state index in [1.54, 1.807) is 0 Å². The van der Waals surface area contributed by atoms with Crippen LogP contribution in [0.1, 0.15) is 15.9 Å². The molecule has 6 heteroatoms. The van der Waals surface area contributed by atoms with E-state index in [1.165, 1.54) is 24.3 Å². The SMILES string of the molecule is NC(=O)C=Cc1ccc(C=O)c([N+](=O)[O-])c1. The summed E-state index contributed by atoms with van der Waals surface area (Å²) in [5, 5.41) is 10.6. The second kappa shape index (κ2) is 4.83. The van der Waals surface area contributed by atoms with E-state index >= 15 is 0 Å². The first kappa shape index (κ1) is 11.6. The minimum atomic E-state index is -0.661. The van der Waals surface area contributed by atoms with Gasteiger partial charge in [0.15, 0.2) is 6.29 Å². The fourth-order valence-corrected chi connectivity index (χ4v) is 1.10. The highest BCUT2D eigenvalue weighted by molar-refractivity contribution is 5.90. The smallest absolute Gasteiger partial charge is 0.280 e. The van der Waals surface area contributed by atoms with Crippen LogP contribution in [0.15, 0.2) is 24.3 Å². The van der Waals surface area contributed by atoms with Crippen LogP contribution in [-0.2, 0) is 4.79 Å². The van der Waals surface area contributed by atoms with Crippen molar-refractivity contribution in [3.63, 3.8) is 0 Å². The number of rotatable bonds is 4. The number of amides is 1. The molecule has 0 radical (unpaired) electrons. The fourth-order valence-electron chi connectivity index (χ4n) is 1.10. The highest BCUT2D eigenvalue weighted by Gasteiger charge is 2.12. The number of nitro benzene ring substituents is 1. The molecule has 0 saturated heterocycles. The molecule has 0 aliphatic heterocycles. The molecule has 1 amide bonds. The number of primary amides is 1. The fraction of sp³-hybridized carbons (Fsp3) is 0. The van der Waals surface area contributed by atoms with E-state index in [9.17, 15) is 19.7 Å². The lowest BCUT2D eigenvalue weighted by molar-refractivity contribution is -0.385. The number of carbonyl (C=O) groups excluding carboxylic acids is 2. The van der Waals surface area contributed by atoms with E-state index in [0.717, 1.165) is 6.08 Å². The van der Waals surface area contributed by atoms with Crippen molar-refractivity contribution < 1.29 is 14.5 Å². The van der Waals surface area contributed by atoms with Crippen LogP contribution in [0.2, 0.25) is 0 Å². The summed E-state index contributed by atoms with van der Waals surface area (Å²) in [7, 11) is 0. The number of carbonyl (C=O) groups is 2. The summed E-state index contributed by atoms with van der Waals surface area (Å²) in [5.74, 6) is -0.651. The molecule has 1 rings (SSSR count). The zero-order chi connectivity index (χ0) is 12.1. The Balaban J connectivity index is 3.16. The third-order valence-corrected chi connectivity index (χ3v) is 1.82. The Bertz CT molecular complexity index is 480. The highest BCUT2D eigenvalue weighted by atomic mass is 16.6. The summed E-state index contributed by atoms with van der Waals surface area (Å²) in [6, 6.07) is 3.99. The Hall–Kier alpha value is -2.50. The topological polar surface area (TPSA) is 103 Å². The molecular formula is C10H8N2O4. The number of benzene rings is 1. The molecule has 0 unspecified atom stereocenters. The summed E-state index contributed by atoms with van der Waals surface area (Å²) in [6.45, 7) is 0. The number of hydrogen-bond acceptors (Lipinski definition) is 4. The Morgan fingerprint density at radius 2 is 2.12 bits per heavy atom. The van der Waals surface area contributed by atoms with Crippen LogP contribution < -0.4 is 5.73 Å². The van der Waals surface area contributed by atoms with Crippen molar-refractivity contribution in [2.24, 2.45) is 5.73 Å². The molecule has 2 N–H and O–H groups in total. The lowest BCUT2D eigenvalue weighted by atomic mass is 10.1. The third-order valence-electron chi connectivity index (χ3n) is 1.82. The maximum absolute atomic E-state index is 10.6.